The van der Waals surface area contributed by atoms with Crippen LogP contribution in [0.5, 0.6) is 5.75 Å². The highest BCUT2D eigenvalue weighted by molar-refractivity contribution is 7.07. The normalized spacial score (nSPS) is 10.8. The third kappa shape index (κ3) is 12.7. The van der Waals surface area contributed by atoms with Crippen molar-refractivity contribution >= 4 is 34.5 Å². The molecular weight excluding hydrogens is 604 g/mol. The quantitative estimate of drug-likeness (QED) is 0.122. The van der Waals surface area contributed by atoms with E-state index in [9.17, 15) is 4.79 Å². The van der Waals surface area contributed by atoms with Crippen LogP contribution < -0.4 is 31.6 Å². The average molecular weight is 650 g/mol. The number of hydrogen-bond donors (Lipinski definition) is 1. The minimum atomic E-state index is -0.0819. The lowest BCUT2D eigenvalue weighted by molar-refractivity contribution is -0.689. The molecule has 1 heterocycles. The number of ether oxygens (including phenoxy) is 1. The lowest BCUT2D eigenvalue weighted by atomic mass is 10.1. The summed E-state index contributed by atoms with van der Waals surface area (Å²) in [7, 11) is 0. The Morgan fingerprint density at radius 1 is 0.900 bits per heavy atom. The Morgan fingerprint density at radius 2 is 1.55 bits per heavy atom. The number of carbonyl (C=O) groups excluding carboxylic acids is 1. The van der Waals surface area contributed by atoms with Crippen molar-refractivity contribution in [2.75, 3.05) is 11.9 Å². The number of para-hydroxylation sites is 1. The van der Waals surface area contributed by atoms with Gasteiger partial charge in [0.05, 0.1) is 24.1 Å². The summed E-state index contributed by atoms with van der Waals surface area (Å²) in [5, 5.41) is 5.76. The molecule has 0 fully saturated rings. The highest BCUT2D eigenvalue weighted by Gasteiger charge is 2.14. The third-order valence-electron chi connectivity index (χ3n) is 7.15. The van der Waals surface area contributed by atoms with Crippen molar-refractivity contribution in [3.05, 3.63) is 75.2 Å². The molecular formula is C33H46BrClN2O2S. The Morgan fingerprint density at radius 3 is 2.17 bits per heavy atom. The molecule has 0 saturated heterocycles. The van der Waals surface area contributed by atoms with Crippen LogP contribution in [0.1, 0.15) is 101 Å². The molecule has 0 radical (unpaired) electrons. The van der Waals surface area contributed by atoms with Gasteiger partial charge in [0.2, 0.25) is 11.4 Å². The molecule has 220 valence electrons. The molecule has 0 atom stereocenters. The molecule has 0 saturated carbocycles. The number of benzene rings is 2. The zero-order chi connectivity index (χ0) is 27.7. The maximum Gasteiger partial charge on any atom is 0.228 e. The number of carbonyl (C=O) groups is 1. The summed E-state index contributed by atoms with van der Waals surface area (Å²) >= 11 is 8.19. The van der Waals surface area contributed by atoms with E-state index in [2.05, 4.69) is 40.7 Å². The topological polar surface area (TPSA) is 42.2 Å². The minimum Gasteiger partial charge on any atom is -1.00 e. The van der Waals surface area contributed by atoms with Gasteiger partial charge in [-0.25, -0.2) is 0 Å². The molecule has 1 amide bonds. The molecule has 2 aromatic carbocycles. The molecule has 1 N–H and O–H groups in total. The first kappa shape index (κ1) is 34.3. The number of rotatable bonds is 19. The van der Waals surface area contributed by atoms with Crippen molar-refractivity contribution in [3.8, 4) is 5.75 Å². The molecule has 0 spiro atoms. The predicted octanol–water partition coefficient (Wildman–Crippen LogP) is 6.31. The second kappa shape index (κ2) is 20.1. The van der Waals surface area contributed by atoms with Gasteiger partial charge in [-0.2, -0.15) is 4.57 Å². The first-order valence-corrected chi connectivity index (χ1v) is 16.1. The number of thiazole rings is 1. The van der Waals surface area contributed by atoms with Gasteiger partial charge in [-0.05, 0) is 30.2 Å². The zero-order valence-corrected chi connectivity index (χ0v) is 27.4. The molecule has 3 rings (SSSR count). The van der Waals surface area contributed by atoms with Crippen LogP contribution in [-0.2, 0) is 17.8 Å². The number of nitrogens with zero attached hydrogens (tertiary/aromatic N) is 1. The first-order chi connectivity index (χ1) is 19.1. The van der Waals surface area contributed by atoms with E-state index in [1.54, 1.807) is 11.3 Å². The maximum atomic E-state index is 12.8. The summed E-state index contributed by atoms with van der Waals surface area (Å²) in [4.78, 5) is 12.8. The number of halogens is 2. The molecule has 0 bridgehead atoms. The van der Waals surface area contributed by atoms with Gasteiger partial charge in [0.1, 0.15) is 5.75 Å². The van der Waals surface area contributed by atoms with Crippen LogP contribution in [0.3, 0.4) is 0 Å². The maximum absolute atomic E-state index is 12.8. The summed E-state index contributed by atoms with van der Waals surface area (Å²) in [5.41, 5.74) is 6.00. The highest BCUT2D eigenvalue weighted by Crippen LogP contribution is 2.24. The van der Waals surface area contributed by atoms with Gasteiger partial charge in [-0.15, -0.1) is 0 Å². The monoisotopic (exact) mass is 648 g/mol. The third-order valence-corrected chi connectivity index (χ3v) is 8.36. The number of hydrogen-bond acceptors (Lipinski definition) is 3. The van der Waals surface area contributed by atoms with Crippen LogP contribution in [0.25, 0.3) is 0 Å². The van der Waals surface area contributed by atoms with E-state index in [1.807, 2.05) is 36.4 Å². The van der Waals surface area contributed by atoms with E-state index in [1.165, 1.54) is 76.3 Å². The standard InChI is InChI=1S/C33H45ClN2O2S.BrH/c1-3-4-5-6-7-8-9-10-11-12-13-16-21-38-30-20-19-28(31(34)23-30)22-33(37)35-32-18-15-14-17-29(32)24-36-26-39-25-27(36)2;/h14-15,17-20,23,25-26H,3-13,16,21-22,24H2,1-2H3;1H. The second-order valence-electron chi connectivity index (χ2n) is 10.5. The Labute approximate surface area is 261 Å². The molecule has 1 aromatic heterocycles. The van der Waals surface area contributed by atoms with Gasteiger partial charge in [0, 0.05) is 17.5 Å². The summed E-state index contributed by atoms with van der Waals surface area (Å²) in [5.74, 6) is 0.683. The number of unbranched alkanes of at least 4 members (excludes halogenated alkanes) is 11. The number of aromatic nitrogens is 1. The van der Waals surface area contributed by atoms with Crippen molar-refractivity contribution in [1.29, 1.82) is 0 Å². The lowest BCUT2D eigenvalue weighted by Gasteiger charge is -2.11. The summed E-state index contributed by atoms with van der Waals surface area (Å²) in [6, 6.07) is 13.6. The lowest BCUT2D eigenvalue weighted by Crippen LogP contribution is -3.00. The Bertz CT molecular complexity index is 1140. The van der Waals surface area contributed by atoms with Crippen LogP contribution in [-0.4, -0.2) is 12.5 Å². The number of amides is 1. The molecule has 0 aliphatic rings. The molecule has 40 heavy (non-hydrogen) atoms. The van der Waals surface area contributed by atoms with Crippen LogP contribution >= 0.6 is 22.9 Å². The van der Waals surface area contributed by atoms with Gasteiger partial charge < -0.3 is 27.0 Å². The predicted molar refractivity (Wildman–Crippen MR) is 165 cm³/mol. The van der Waals surface area contributed by atoms with Crippen LogP contribution in [0, 0.1) is 6.92 Å². The Kier molecular flexibility index (Phi) is 17.2. The SMILES string of the molecule is CCCCCCCCCCCCCCOc1ccc(CC(=O)Nc2ccccc2C[n+]2cscc2C)c(Cl)c1.[Br-]. The smallest absolute Gasteiger partial charge is 0.228 e. The van der Waals surface area contributed by atoms with Crippen molar-refractivity contribution < 1.29 is 31.1 Å². The number of aryl methyl sites for hydroxylation is 1. The second-order valence-corrected chi connectivity index (χ2v) is 11.6. The molecule has 7 heteroatoms. The van der Waals surface area contributed by atoms with Crippen molar-refractivity contribution in [2.24, 2.45) is 0 Å². The van der Waals surface area contributed by atoms with Crippen molar-refractivity contribution in [1.82, 2.24) is 0 Å². The summed E-state index contributed by atoms with van der Waals surface area (Å²) in [6.07, 6.45) is 16.2. The van der Waals surface area contributed by atoms with E-state index in [-0.39, 0.29) is 29.3 Å². The van der Waals surface area contributed by atoms with E-state index in [0.717, 1.165) is 35.5 Å². The molecule has 0 aliphatic carbocycles. The Hall–Kier alpha value is -1.89. The van der Waals surface area contributed by atoms with E-state index in [0.29, 0.717) is 11.6 Å². The summed E-state index contributed by atoms with van der Waals surface area (Å²) < 4.78 is 8.11. The van der Waals surface area contributed by atoms with Gasteiger partial charge in [0.15, 0.2) is 12.2 Å². The molecule has 4 nitrogen and oxygen atoms in total. The van der Waals surface area contributed by atoms with E-state index in [4.69, 9.17) is 16.3 Å². The summed E-state index contributed by atoms with van der Waals surface area (Å²) in [6.45, 7) is 5.78. The van der Waals surface area contributed by atoms with Crippen molar-refractivity contribution in [2.45, 2.75) is 104 Å². The number of nitrogens with one attached hydrogen (secondary N) is 1. The van der Waals surface area contributed by atoms with Gasteiger partial charge in [0.25, 0.3) is 0 Å². The first-order valence-electron chi connectivity index (χ1n) is 14.8. The minimum absolute atomic E-state index is 0. The van der Waals surface area contributed by atoms with Gasteiger partial charge in [-0.1, -0.05) is 125 Å². The van der Waals surface area contributed by atoms with Crippen molar-refractivity contribution in [3.63, 3.8) is 0 Å². The van der Waals surface area contributed by atoms with Crippen LogP contribution in [0.4, 0.5) is 5.69 Å². The van der Waals surface area contributed by atoms with Gasteiger partial charge in [-0.3, -0.25) is 4.79 Å². The fraction of sp³-hybridized carbons (Fsp3) is 0.515. The van der Waals surface area contributed by atoms with E-state index >= 15 is 0 Å². The largest absolute Gasteiger partial charge is 1.00 e. The average Bonchev–Trinajstić information content (AvgIpc) is 3.33. The molecule has 0 unspecified atom stereocenters. The van der Waals surface area contributed by atoms with Crippen LogP contribution in [0.2, 0.25) is 5.02 Å². The highest BCUT2D eigenvalue weighted by atomic mass is 79.9. The van der Waals surface area contributed by atoms with E-state index < -0.39 is 0 Å². The fourth-order valence-corrected chi connectivity index (χ4v) is 5.76. The Balaban J connectivity index is 0.00000560. The molecule has 0 aliphatic heterocycles. The molecule has 3 aromatic rings. The fourth-order valence-electron chi connectivity index (χ4n) is 4.74. The van der Waals surface area contributed by atoms with Crippen LogP contribution in [0.15, 0.2) is 53.4 Å². The number of anilines is 1. The zero-order valence-electron chi connectivity index (χ0n) is 24.2. The van der Waals surface area contributed by atoms with Gasteiger partial charge >= 0.3 is 0 Å².